The molecule has 3 saturated carbocycles. The number of hydrogen-bond acceptors (Lipinski definition) is 0. The quantitative estimate of drug-likeness (QED) is 0.316. The summed E-state index contributed by atoms with van der Waals surface area (Å²) in [4.78, 5) is 0. The maximum atomic E-state index is 2.64. The van der Waals surface area contributed by atoms with Crippen LogP contribution in [0.25, 0.3) is 0 Å². The van der Waals surface area contributed by atoms with Crippen molar-refractivity contribution in [2.75, 3.05) is 0 Å². The molecule has 3 aliphatic carbocycles. The Kier molecular flexibility index (Phi) is 7.11. The number of rotatable bonds is 12. The van der Waals surface area contributed by atoms with Crippen molar-refractivity contribution >= 4 is 0 Å². The highest BCUT2D eigenvalue weighted by Crippen LogP contribution is 2.49. The molecule has 0 aromatic heterocycles. The van der Waals surface area contributed by atoms with Crippen LogP contribution in [0.1, 0.15) is 123 Å². The molecular weight excluding hydrogens is 288 g/mol. The Morgan fingerprint density at radius 2 is 1.38 bits per heavy atom. The smallest absolute Gasteiger partial charge is 0.0298 e. The summed E-state index contributed by atoms with van der Waals surface area (Å²) in [6.07, 6.45) is 25.9. The van der Waals surface area contributed by atoms with Crippen molar-refractivity contribution in [3.05, 3.63) is 0 Å². The number of unbranched alkanes of at least 4 members (excludes halogenated alkanes) is 2. The zero-order valence-corrected chi connectivity index (χ0v) is 16.8. The molecule has 0 nitrogen and oxygen atoms in total. The van der Waals surface area contributed by atoms with Gasteiger partial charge in [-0.2, -0.15) is 0 Å². The van der Waals surface area contributed by atoms with Crippen molar-refractivity contribution in [3.8, 4) is 0 Å². The first-order chi connectivity index (χ1) is 11.7. The minimum atomic E-state index is 0.692. The van der Waals surface area contributed by atoms with Crippen LogP contribution in [0.5, 0.6) is 0 Å². The van der Waals surface area contributed by atoms with Gasteiger partial charge in [0.1, 0.15) is 0 Å². The zero-order chi connectivity index (χ0) is 16.8. The Labute approximate surface area is 152 Å². The van der Waals surface area contributed by atoms with Crippen molar-refractivity contribution in [1.29, 1.82) is 0 Å². The van der Waals surface area contributed by atoms with E-state index in [-0.39, 0.29) is 0 Å². The highest BCUT2D eigenvalue weighted by Gasteiger charge is 2.37. The second kappa shape index (κ2) is 9.09. The first kappa shape index (κ1) is 18.8. The molecule has 0 heterocycles. The van der Waals surface area contributed by atoms with E-state index in [0.717, 1.165) is 23.7 Å². The SMILES string of the molecule is CCCCC(C)(CCCCC1CCC1CCC1CCC1)C1CCC1. The minimum absolute atomic E-state index is 0.692. The Morgan fingerprint density at radius 3 is 1.92 bits per heavy atom. The van der Waals surface area contributed by atoms with Crippen molar-refractivity contribution in [1.82, 2.24) is 0 Å². The molecule has 0 N–H and O–H groups in total. The zero-order valence-electron chi connectivity index (χ0n) is 16.8. The van der Waals surface area contributed by atoms with E-state index in [2.05, 4.69) is 13.8 Å². The van der Waals surface area contributed by atoms with Crippen LogP contribution in [0.15, 0.2) is 0 Å². The molecule has 0 aromatic rings. The topological polar surface area (TPSA) is 0 Å². The summed E-state index contributed by atoms with van der Waals surface area (Å²) in [6, 6.07) is 0. The molecule has 0 bridgehead atoms. The summed E-state index contributed by atoms with van der Waals surface area (Å²) >= 11 is 0. The van der Waals surface area contributed by atoms with E-state index in [9.17, 15) is 0 Å². The van der Waals surface area contributed by atoms with Crippen LogP contribution in [0.3, 0.4) is 0 Å². The van der Waals surface area contributed by atoms with Crippen molar-refractivity contribution < 1.29 is 0 Å². The second-order valence-corrected chi connectivity index (χ2v) is 10.1. The lowest BCUT2D eigenvalue weighted by molar-refractivity contribution is 0.0726. The van der Waals surface area contributed by atoms with Crippen LogP contribution in [0.2, 0.25) is 0 Å². The maximum Gasteiger partial charge on any atom is -0.0298 e. The largest absolute Gasteiger partial charge is 0.0654 e. The Hall–Kier alpha value is 0. The van der Waals surface area contributed by atoms with E-state index in [1.165, 1.54) is 64.2 Å². The fourth-order valence-electron chi connectivity index (χ4n) is 5.78. The van der Waals surface area contributed by atoms with Crippen LogP contribution in [0.4, 0.5) is 0 Å². The van der Waals surface area contributed by atoms with E-state index in [1.54, 1.807) is 44.9 Å². The van der Waals surface area contributed by atoms with E-state index in [0.29, 0.717) is 5.41 Å². The number of hydrogen-bond donors (Lipinski definition) is 0. The predicted octanol–water partition coefficient (Wildman–Crippen LogP) is 8.15. The summed E-state index contributed by atoms with van der Waals surface area (Å²) in [5, 5.41) is 0. The van der Waals surface area contributed by atoms with E-state index in [4.69, 9.17) is 0 Å². The molecule has 3 fully saturated rings. The fourth-order valence-corrected chi connectivity index (χ4v) is 5.78. The molecule has 0 spiro atoms. The standard InChI is InChI=1S/C24H44/c1-3-4-18-24(2,23-12-8-13-23)19-6-5-11-21-16-17-22(21)15-14-20-9-7-10-20/h20-23H,3-19H2,1-2H3. The fraction of sp³-hybridized carbons (Fsp3) is 1.00. The van der Waals surface area contributed by atoms with Gasteiger partial charge in [-0.15, -0.1) is 0 Å². The van der Waals surface area contributed by atoms with Crippen molar-refractivity contribution in [2.24, 2.45) is 29.1 Å². The molecule has 0 saturated heterocycles. The lowest BCUT2D eigenvalue weighted by atomic mass is 9.62. The lowest BCUT2D eigenvalue weighted by Gasteiger charge is -2.44. The van der Waals surface area contributed by atoms with Crippen LogP contribution in [-0.2, 0) is 0 Å². The van der Waals surface area contributed by atoms with Crippen LogP contribution in [-0.4, -0.2) is 0 Å². The summed E-state index contributed by atoms with van der Waals surface area (Å²) in [5.74, 6) is 4.45. The van der Waals surface area contributed by atoms with E-state index in [1.807, 2.05) is 0 Å². The van der Waals surface area contributed by atoms with Gasteiger partial charge in [0.05, 0.1) is 0 Å². The van der Waals surface area contributed by atoms with Crippen LogP contribution in [0, 0.1) is 29.1 Å². The van der Waals surface area contributed by atoms with Gasteiger partial charge in [-0.25, -0.2) is 0 Å². The van der Waals surface area contributed by atoms with Crippen LogP contribution >= 0.6 is 0 Å². The Bertz CT molecular complexity index is 351. The monoisotopic (exact) mass is 332 g/mol. The minimum Gasteiger partial charge on any atom is -0.0654 e. The van der Waals surface area contributed by atoms with Crippen molar-refractivity contribution in [2.45, 2.75) is 123 Å². The van der Waals surface area contributed by atoms with Gasteiger partial charge in [-0.1, -0.05) is 78.1 Å². The summed E-state index contributed by atoms with van der Waals surface area (Å²) < 4.78 is 0. The van der Waals surface area contributed by atoms with Crippen molar-refractivity contribution in [3.63, 3.8) is 0 Å². The van der Waals surface area contributed by atoms with Gasteiger partial charge in [0, 0.05) is 0 Å². The summed E-state index contributed by atoms with van der Waals surface area (Å²) in [6.45, 7) is 5.00. The summed E-state index contributed by atoms with van der Waals surface area (Å²) in [5.41, 5.74) is 0.692. The third kappa shape index (κ3) is 4.79. The van der Waals surface area contributed by atoms with E-state index < -0.39 is 0 Å². The third-order valence-electron chi connectivity index (χ3n) is 8.51. The van der Waals surface area contributed by atoms with Gasteiger partial charge in [0.2, 0.25) is 0 Å². The second-order valence-electron chi connectivity index (χ2n) is 10.1. The molecular formula is C24H44. The molecule has 0 amide bonds. The van der Waals surface area contributed by atoms with Gasteiger partial charge < -0.3 is 0 Å². The molecule has 0 radical (unpaired) electrons. The first-order valence-corrected chi connectivity index (χ1v) is 11.7. The molecule has 3 rings (SSSR count). The first-order valence-electron chi connectivity index (χ1n) is 11.7. The molecule has 3 aliphatic rings. The molecule has 3 unspecified atom stereocenters. The van der Waals surface area contributed by atoms with E-state index >= 15 is 0 Å². The Balaban J connectivity index is 1.30. The molecule has 0 aliphatic heterocycles. The molecule has 24 heavy (non-hydrogen) atoms. The average molecular weight is 333 g/mol. The van der Waals surface area contributed by atoms with Gasteiger partial charge in [0.25, 0.3) is 0 Å². The van der Waals surface area contributed by atoms with Crippen LogP contribution < -0.4 is 0 Å². The average Bonchev–Trinajstić information content (AvgIpc) is 2.44. The van der Waals surface area contributed by atoms with Gasteiger partial charge in [0.15, 0.2) is 0 Å². The Morgan fingerprint density at radius 1 is 0.708 bits per heavy atom. The normalized spacial score (nSPS) is 30.2. The van der Waals surface area contributed by atoms with Gasteiger partial charge >= 0.3 is 0 Å². The molecule has 0 heteroatoms. The van der Waals surface area contributed by atoms with Gasteiger partial charge in [-0.3, -0.25) is 0 Å². The van der Waals surface area contributed by atoms with Gasteiger partial charge in [-0.05, 0) is 74.0 Å². The highest BCUT2D eigenvalue weighted by atomic mass is 14.4. The molecule has 3 atom stereocenters. The summed E-state index contributed by atoms with van der Waals surface area (Å²) in [7, 11) is 0. The predicted molar refractivity (Wildman–Crippen MR) is 106 cm³/mol. The highest BCUT2D eigenvalue weighted by molar-refractivity contribution is 4.88. The third-order valence-corrected chi connectivity index (χ3v) is 8.51. The molecule has 0 aromatic carbocycles. The molecule has 140 valence electrons. The lowest BCUT2D eigenvalue weighted by Crippen LogP contribution is -2.32. The maximum absolute atomic E-state index is 2.64.